The zero-order valence-electron chi connectivity index (χ0n) is 12.6. The van der Waals surface area contributed by atoms with E-state index in [4.69, 9.17) is 9.47 Å². The van der Waals surface area contributed by atoms with Gasteiger partial charge in [-0.05, 0) is 67.2 Å². The molecule has 2 aliphatic carbocycles. The molecule has 20 heavy (non-hydrogen) atoms. The van der Waals surface area contributed by atoms with Crippen molar-refractivity contribution in [2.24, 2.45) is 17.8 Å². The van der Waals surface area contributed by atoms with Crippen molar-refractivity contribution in [2.75, 3.05) is 14.2 Å². The third-order valence-electron chi connectivity index (χ3n) is 5.29. The van der Waals surface area contributed by atoms with Crippen LogP contribution in [0.5, 0.6) is 11.5 Å². The first kappa shape index (κ1) is 13.7. The van der Waals surface area contributed by atoms with Gasteiger partial charge < -0.3 is 14.6 Å². The minimum absolute atomic E-state index is 0.370. The Labute approximate surface area is 120 Å². The van der Waals surface area contributed by atoms with Gasteiger partial charge in [0.1, 0.15) is 0 Å². The third-order valence-corrected chi connectivity index (χ3v) is 5.29. The lowest BCUT2D eigenvalue weighted by molar-refractivity contribution is 0.0737. The number of aliphatic hydroxyl groups excluding tert-OH is 1. The summed E-state index contributed by atoms with van der Waals surface area (Å²) in [4.78, 5) is 0. The minimum atomic E-state index is -0.370. The first-order valence-electron chi connectivity index (χ1n) is 7.54. The molecule has 0 aliphatic heterocycles. The number of aliphatic hydroxyl groups is 1. The van der Waals surface area contributed by atoms with Crippen LogP contribution < -0.4 is 9.47 Å². The molecule has 0 saturated heterocycles. The van der Waals surface area contributed by atoms with Crippen LogP contribution in [0.15, 0.2) is 12.1 Å². The molecule has 3 nitrogen and oxygen atoms in total. The highest BCUT2D eigenvalue weighted by Crippen LogP contribution is 2.53. The van der Waals surface area contributed by atoms with E-state index in [9.17, 15) is 5.11 Å². The summed E-state index contributed by atoms with van der Waals surface area (Å²) < 4.78 is 10.7. The van der Waals surface area contributed by atoms with Crippen molar-refractivity contribution in [3.8, 4) is 11.5 Å². The number of hydrogen-bond donors (Lipinski definition) is 1. The van der Waals surface area contributed by atoms with Crippen LogP contribution in [0.3, 0.4) is 0 Å². The fraction of sp³-hybridized carbons (Fsp3) is 0.647. The van der Waals surface area contributed by atoms with Gasteiger partial charge in [0.2, 0.25) is 0 Å². The molecule has 0 radical (unpaired) electrons. The normalized spacial score (nSPS) is 29.5. The van der Waals surface area contributed by atoms with Crippen molar-refractivity contribution in [2.45, 2.75) is 38.7 Å². The zero-order valence-corrected chi connectivity index (χ0v) is 12.6. The topological polar surface area (TPSA) is 38.7 Å². The molecule has 3 rings (SSSR count). The van der Waals surface area contributed by atoms with Gasteiger partial charge in [0.15, 0.2) is 11.5 Å². The summed E-state index contributed by atoms with van der Waals surface area (Å²) in [6.45, 7) is 2.04. The Bertz CT molecular complexity index is 497. The van der Waals surface area contributed by atoms with E-state index in [-0.39, 0.29) is 6.10 Å². The molecule has 0 aromatic heterocycles. The van der Waals surface area contributed by atoms with Gasteiger partial charge in [-0.25, -0.2) is 0 Å². The summed E-state index contributed by atoms with van der Waals surface area (Å²) in [5.74, 6) is 3.41. The van der Waals surface area contributed by atoms with Gasteiger partial charge in [-0.2, -0.15) is 0 Å². The van der Waals surface area contributed by atoms with Gasteiger partial charge in [-0.15, -0.1) is 0 Å². The summed E-state index contributed by atoms with van der Waals surface area (Å²) in [5.41, 5.74) is 2.08. The van der Waals surface area contributed by atoms with E-state index in [2.05, 4.69) is 0 Å². The lowest BCUT2D eigenvalue weighted by Crippen LogP contribution is -2.20. The number of rotatable bonds is 4. The lowest BCUT2D eigenvalue weighted by Gasteiger charge is -2.28. The summed E-state index contributed by atoms with van der Waals surface area (Å²) in [7, 11) is 3.28. The maximum atomic E-state index is 10.8. The third kappa shape index (κ3) is 2.18. The van der Waals surface area contributed by atoms with Crippen molar-refractivity contribution in [1.82, 2.24) is 0 Å². The van der Waals surface area contributed by atoms with Crippen molar-refractivity contribution >= 4 is 0 Å². The summed E-state index contributed by atoms with van der Waals surface area (Å²) in [6.07, 6.45) is 4.77. The Balaban J connectivity index is 1.89. The number of ether oxygens (including phenoxy) is 2. The molecule has 2 fully saturated rings. The molecule has 110 valence electrons. The monoisotopic (exact) mass is 276 g/mol. The van der Waals surface area contributed by atoms with Gasteiger partial charge in [-0.3, -0.25) is 0 Å². The second-order valence-electron chi connectivity index (χ2n) is 6.35. The number of methoxy groups -OCH3 is 2. The molecule has 0 amide bonds. The molecule has 1 N–H and O–H groups in total. The van der Waals surface area contributed by atoms with Gasteiger partial charge in [-0.1, -0.05) is 6.42 Å². The minimum Gasteiger partial charge on any atom is -0.493 e. The van der Waals surface area contributed by atoms with Crippen LogP contribution in [0.1, 0.15) is 42.9 Å². The molecule has 2 aliphatic rings. The van der Waals surface area contributed by atoms with E-state index in [1.807, 2.05) is 19.1 Å². The van der Waals surface area contributed by atoms with E-state index >= 15 is 0 Å². The molecule has 4 unspecified atom stereocenters. The molecule has 4 atom stereocenters. The lowest BCUT2D eigenvalue weighted by atomic mass is 9.81. The predicted octanol–water partition coefficient (Wildman–Crippen LogP) is 3.48. The Morgan fingerprint density at radius 1 is 1.10 bits per heavy atom. The van der Waals surface area contributed by atoms with E-state index in [1.54, 1.807) is 14.2 Å². The first-order valence-corrected chi connectivity index (χ1v) is 7.54. The summed E-state index contributed by atoms with van der Waals surface area (Å²) in [6, 6.07) is 3.91. The van der Waals surface area contributed by atoms with Crippen molar-refractivity contribution in [1.29, 1.82) is 0 Å². The maximum Gasteiger partial charge on any atom is 0.161 e. The summed E-state index contributed by atoms with van der Waals surface area (Å²) >= 11 is 0. The molecular formula is C17H24O3. The Kier molecular flexibility index (Phi) is 3.63. The highest BCUT2D eigenvalue weighted by atomic mass is 16.5. The number of aryl methyl sites for hydroxylation is 1. The maximum absolute atomic E-state index is 10.8. The molecular weight excluding hydrogens is 252 g/mol. The van der Waals surface area contributed by atoms with Crippen molar-refractivity contribution < 1.29 is 14.6 Å². The average Bonchev–Trinajstić information content (AvgIpc) is 3.08. The number of fused-ring (bicyclic) bond motifs is 2. The molecule has 1 aromatic rings. The second kappa shape index (κ2) is 5.28. The predicted molar refractivity (Wildman–Crippen MR) is 78.2 cm³/mol. The standard InChI is InChI=1S/C17H24O3/c1-10-6-15(19-2)16(20-3)9-13(10)17(18)14-8-11-4-5-12(14)7-11/h6,9,11-12,14,17-18H,4-5,7-8H2,1-3H3. The first-order chi connectivity index (χ1) is 9.63. The molecule has 2 saturated carbocycles. The van der Waals surface area contributed by atoms with E-state index in [0.29, 0.717) is 17.6 Å². The van der Waals surface area contributed by atoms with E-state index < -0.39 is 0 Å². The van der Waals surface area contributed by atoms with Gasteiger partial charge >= 0.3 is 0 Å². The smallest absolute Gasteiger partial charge is 0.161 e. The Morgan fingerprint density at radius 2 is 1.80 bits per heavy atom. The fourth-order valence-corrected chi connectivity index (χ4v) is 4.23. The van der Waals surface area contributed by atoms with Crippen molar-refractivity contribution in [3.63, 3.8) is 0 Å². The highest BCUT2D eigenvalue weighted by molar-refractivity contribution is 5.48. The van der Waals surface area contributed by atoms with Gasteiger partial charge in [0, 0.05) is 0 Å². The Morgan fingerprint density at radius 3 is 2.35 bits per heavy atom. The average molecular weight is 276 g/mol. The quantitative estimate of drug-likeness (QED) is 0.915. The van der Waals surface area contributed by atoms with E-state index in [1.165, 1.54) is 25.7 Å². The zero-order chi connectivity index (χ0) is 14.3. The van der Waals surface area contributed by atoms with Crippen LogP contribution >= 0.6 is 0 Å². The molecule has 0 heterocycles. The SMILES string of the molecule is COc1cc(C)c(C(O)C2CC3CCC2C3)cc1OC. The van der Waals surface area contributed by atoms with Crippen LogP contribution in [0, 0.1) is 24.7 Å². The van der Waals surface area contributed by atoms with Gasteiger partial charge in [0.25, 0.3) is 0 Å². The highest BCUT2D eigenvalue weighted by Gasteiger charge is 2.43. The van der Waals surface area contributed by atoms with Crippen molar-refractivity contribution in [3.05, 3.63) is 23.3 Å². The van der Waals surface area contributed by atoms with Crippen LogP contribution in [0.25, 0.3) is 0 Å². The molecule has 3 heteroatoms. The van der Waals surface area contributed by atoms with Crippen LogP contribution in [0.2, 0.25) is 0 Å². The van der Waals surface area contributed by atoms with Crippen LogP contribution in [0.4, 0.5) is 0 Å². The largest absolute Gasteiger partial charge is 0.493 e. The van der Waals surface area contributed by atoms with E-state index in [0.717, 1.165) is 22.8 Å². The molecule has 1 aromatic carbocycles. The second-order valence-corrected chi connectivity index (χ2v) is 6.35. The molecule has 2 bridgehead atoms. The molecule has 0 spiro atoms. The van der Waals surface area contributed by atoms with Gasteiger partial charge in [0.05, 0.1) is 20.3 Å². The Hall–Kier alpha value is -1.22. The number of benzene rings is 1. The fourth-order valence-electron chi connectivity index (χ4n) is 4.23. The summed E-state index contributed by atoms with van der Waals surface area (Å²) in [5, 5.41) is 10.8. The number of hydrogen-bond acceptors (Lipinski definition) is 3. The van der Waals surface area contributed by atoms with Crippen LogP contribution in [-0.4, -0.2) is 19.3 Å². The van der Waals surface area contributed by atoms with Crippen LogP contribution in [-0.2, 0) is 0 Å².